The number of benzene rings is 2. The summed E-state index contributed by atoms with van der Waals surface area (Å²) in [7, 11) is 0. The SMILES string of the molecule is CC[C@H](C)[C@H](NC(=O)[C@H](N)Cc1ccc(-c2ccccc2)cc1)C(=O)C[C@@H](CO)C(=O)N[C@H](CCC(N)=O)C(=O)C[C@@H](C(=O)N[C@H](C(=O)C[C@@H](CO)C(=O)N[C@H]1C(=O)C[C@@H](C)C(=O)N[C@@]2(C[C@H]2CC(F)F)C(=O)N[C@@H]([C@@H](C)CC)C(=O)O[C@H]1C)[C@@H](C)CC)[C@@H](C)CC.O=C(O)C(F)(F)F. The summed E-state index contributed by atoms with van der Waals surface area (Å²) < 4.78 is 64.6. The van der Waals surface area contributed by atoms with E-state index in [1.54, 1.807) is 48.5 Å². The van der Waals surface area contributed by atoms with Crippen molar-refractivity contribution in [3.8, 4) is 11.1 Å². The monoisotopic (exact) mass is 1410 g/mol. The van der Waals surface area contributed by atoms with E-state index in [2.05, 4.69) is 31.9 Å². The number of cyclic esters (lactones) is 1. The number of aliphatic carboxylic acids is 1. The highest BCUT2D eigenvalue weighted by atomic mass is 19.4. The largest absolute Gasteiger partial charge is 0.490 e. The van der Waals surface area contributed by atoms with Gasteiger partial charge >= 0.3 is 18.1 Å². The van der Waals surface area contributed by atoms with Gasteiger partial charge in [-0.2, -0.15) is 13.2 Å². The highest BCUT2D eigenvalue weighted by molar-refractivity contribution is 6.01. The minimum Gasteiger partial charge on any atom is -0.475 e. The number of esters is 1. The van der Waals surface area contributed by atoms with E-state index in [4.69, 9.17) is 26.1 Å². The van der Waals surface area contributed by atoms with Crippen LogP contribution in [0.1, 0.15) is 152 Å². The number of aliphatic hydroxyl groups is 2. The number of carboxylic acid groups (broad SMARTS) is 1. The number of nitrogens with two attached hydrogens (primary N) is 2. The van der Waals surface area contributed by atoms with E-state index in [-0.39, 0.29) is 19.3 Å². The van der Waals surface area contributed by atoms with Gasteiger partial charge in [-0.3, -0.25) is 52.7 Å². The average Bonchev–Trinajstić information content (AvgIpc) is 1.58. The fourth-order valence-electron chi connectivity index (χ4n) is 11.4. The smallest absolute Gasteiger partial charge is 0.475 e. The minimum absolute atomic E-state index is 0.147. The number of ether oxygens (including phenoxy) is 1. The predicted molar refractivity (Wildman–Crippen MR) is 351 cm³/mol. The third kappa shape index (κ3) is 25.5. The maximum Gasteiger partial charge on any atom is 0.490 e. The molecule has 2 fully saturated rings. The lowest BCUT2D eigenvalue weighted by molar-refractivity contribution is -0.192. The number of rotatable bonds is 35. The topological polar surface area (TPSA) is 416 Å². The molecule has 0 radical (unpaired) electrons. The number of Topliss-reactive ketones (excluding diaryl/α,β-unsaturated/α-hetero) is 4. The molecule has 1 saturated carbocycles. The molecule has 2 aliphatic rings. The van der Waals surface area contributed by atoms with E-state index in [9.17, 15) is 89.7 Å². The number of hydrogen-bond donors (Lipinski definition) is 11. The fraction of sp³-hybridized carbons (Fsp3) is 0.638. The zero-order valence-electron chi connectivity index (χ0n) is 57.7. The van der Waals surface area contributed by atoms with Gasteiger partial charge in [0, 0.05) is 50.4 Å². The lowest BCUT2D eigenvalue weighted by atomic mass is 9.83. The maximum atomic E-state index is 14.5. The Hall–Kier alpha value is -8.12. The first-order chi connectivity index (χ1) is 46.3. The van der Waals surface area contributed by atoms with Crippen LogP contribution >= 0.6 is 0 Å². The van der Waals surface area contributed by atoms with E-state index in [1.165, 1.54) is 13.8 Å². The molecule has 17 atom stereocenters. The Morgan fingerprint density at radius 2 is 1.21 bits per heavy atom. The van der Waals surface area contributed by atoms with Crippen molar-refractivity contribution in [2.24, 2.45) is 64.7 Å². The summed E-state index contributed by atoms with van der Waals surface area (Å²) in [5.41, 5.74) is 12.8. The van der Waals surface area contributed by atoms with Crippen molar-refractivity contribution < 1.29 is 104 Å². The van der Waals surface area contributed by atoms with Crippen LogP contribution in [0.25, 0.3) is 11.1 Å². The lowest BCUT2D eigenvalue weighted by Crippen LogP contribution is -2.57. The number of carbonyl (C=O) groups is 13. The van der Waals surface area contributed by atoms with Gasteiger partial charge in [0.15, 0.2) is 23.1 Å². The van der Waals surface area contributed by atoms with Gasteiger partial charge in [-0.25, -0.2) is 18.4 Å². The summed E-state index contributed by atoms with van der Waals surface area (Å²) in [6, 6.07) is 9.25. The van der Waals surface area contributed by atoms with E-state index in [1.807, 2.05) is 61.5 Å². The molecule has 13 N–H and O–H groups in total. The van der Waals surface area contributed by atoms with E-state index < -0.39 is 242 Å². The summed E-state index contributed by atoms with van der Waals surface area (Å²) in [5, 5.41) is 44.0. The van der Waals surface area contributed by atoms with Crippen molar-refractivity contribution in [3.63, 3.8) is 0 Å². The van der Waals surface area contributed by atoms with Crippen LogP contribution < -0.4 is 43.4 Å². The van der Waals surface area contributed by atoms with Crippen LogP contribution in [0, 0.1) is 53.3 Å². The Morgan fingerprint density at radius 3 is 1.70 bits per heavy atom. The third-order valence-corrected chi connectivity index (χ3v) is 18.8. The number of carboxylic acids is 1. The van der Waals surface area contributed by atoms with Crippen molar-refractivity contribution in [3.05, 3.63) is 60.2 Å². The van der Waals surface area contributed by atoms with Crippen LogP contribution in [-0.4, -0.2) is 165 Å². The van der Waals surface area contributed by atoms with Gasteiger partial charge in [0.2, 0.25) is 47.8 Å². The zero-order chi connectivity index (χ0) is 75.0. The second-order valence-electron chi connectivity index (χ2n) is 26.3. The Kier molecular flexibility index (Phi) is 34.1. The third-order valence-electron chi connectivity index (χ3n) is 18.8. The minimum atomic E-state index is -5.08. The average molecular weight is 1410 g/mol. The number of hydrogen-bond acceptors (Lipinski definition) is 17. The number of halogens is 5. The van der Waals surface area contributed by atoms with Gasteiger partial charge in [0.1, 0.15) is 23.7 Å². The summed E-state index contributed by atoms with van der Waals surface area (Å²) in [5.74, 6) is -21.1. The predicted octanol–water partition coefficient (Wildman–Crippen LogP) is 4.51. The molecule has 1 aliphatic carbocycles. The van der Waals surface area contributed by atoms with Crippen LogP contribution in [-0.2, 0) is 73.5 Å². The molecule has 1 saturated heterocycles. The van der Waals surface area contributed by atoms with E-state index in [0.717, 1.165) is 16.7 Å². The molecule has 7 amide bonds. The molecule has 25 nitrogen and oxygen atoms in total. The summed E-state index contributed by atoms with van der Waals surface area (Å²) in [4.78, 5) is 176. The molecular weight excluding hydrogens is 1310 g/mol. The molecule has 30 heteroatoms. The van der Waals surface area contributed by atoms with E-state index in [0.29, 0.717) is 25.7 Å². The van der Waals surface area contributed by atoms with Crippen LogP contribution in [0.15, 0.2) is 54.6 Å². The molecule has 0 aromatic heterocycles. The standard InChI is InChI=1S/C67H98F2N8O15.C2HF3O2/c1-11-35(5)47(31-50(80)49(24-25-55(71)84)72-61(86)44(33-78)28-53(83)57(37(7)13-3)74-64(89)48(70)27-41-20-22-43(23-21-41)42-18-16-15-17-19-42)63(88)73-56(36(6)12-2)52(82)29-45(34-79)62(87)75-59-40(10)92-65(90)58(38(8)14-4)76-66(91)67(32-46(67)30-54(68)69)77-60(85)39(9)26-51(59)81;3-2(4,5)1(6)7/h15-23,35-40,44-49,54,56-59,78-79H,11-14,24-34,70H2,1-10H3,(H2,71,84)(H,72,86)(H,73,88)(H,74,89)(H,75,87)(H,76,91)(H,77,85);(H,6,7)/t35-,36-,37-,38-,39+,40-,44-,45-,46+,47+,48+,49+,56-,57-,58-,59+,67+;/m0./s1. The van der Waals surface area contributed by atoms with Gasteiger partial charge in [0.05, 0.1) is 49.2 Å². The Bertz CT molecular complexity index is 3130. The molecule has 0 bridgehead atoms. The number of ketones is 4. The molecule has 2 aromatic rings. The molecule has 0 unspecified atom stereocenters. The fourth-order valence-corrected chi connectivity index (χ4v) is 11.4. The highest BCUT2D eigenvalue weighted by Crippen LogP contribution is 2.48. The highest BCUT2D eigenvalue weighted by Gasteiger charge is 2.62. The molecule has 4 rings (SSSR count). The summed E-state index contributed by atoms with van der Waals surface area (Å²) >= 11 is 0. The molecule has 1 spiro atoms. The van der Waals surface area contributed by atoms with Crippen LogP contribution in [0.2, 0.25) is 0 Å². The second kappa shape index (κ2) is 39.6. The number of aliphatic hydroxyl groups excluding tert-OH is 2. The molecular formula is C69H99F5N8O17. The van der Waals surface area contributed by atoms with Crippen LogP contribution in [0.3, 0.4) is 0 Å². The Labute approximate surface area is 573 Å². The summed E-state index contributed by atoms with van der Waals surface area (Å²) in [6.07, 6.45) is -11.8. The van der Waals surface area contributed by atoms with Crippen LogP contribution in [0.5, 0.6) is 0 Å². The number of primary amides is 1. The molecule has 2 aromatic carbocycles. The van der Waals surface area contributed by atoms with Gasteiger partial charge in [-0.1, -0.05) is 143 Å². The first-order valence-electron chi connectivity index (χ1n) is 33.5. The Morgan fingerprint density at radius 1 is 0.697 bits per heavy atom. The van der Waals surface area contributed by atoms with Crippen molar-refractivity contribution in [2.75, 3.05) is 13.2 Å². The number of alkyl halides is 5. The lowest BCUT2D eigenvalue weighted by Gasteiger charge is -2.30. The van der Waals surface area contributed by atoms with Gasteiger partial charge in [-0.05, 0) is 72.5 Å². The Balaban J connectivity index is 0.00000344. The molecule has 99 heavy (non-hydrogen) atoms. The van der Waals surface area contributed by atoms with Crippen molar-refractivity contribution in [1.82, 2.24) is 31.9 Å². The molecule has 1 aliphatic heterocycles. The first-order valence-corrected chi connectivity index (χ1v) is 33.5. The van der Waals surface area contributed by atoms with Crippen molar-refractivity contribution in [2.45, 2.75) is 213 Å². The quantitative estimate of drug-likeness (QED) is 0.0334. The first kappa shape index (κ1) is 85.1. The molecule has 552 valence electrons. The number of carbonyl (C=O) groups excluding carboxylic acids is 12. The maximum absolute atomic E-state index is 14.5. The molecule has 1 heterocycles. The number of nitrogens with one attached hydrogen (secondary N) is 6. The number of amides is 7. The van der Waals surface area contributed by atoms with Gasteiger partial charge in [0.25, 0.3) is 0 Å². The van der Waals surface area contributed by atoms with E-state index >= 15 is 0 Å². The van der Waals surface area contributed by atoms with Crippen molar-refractivity contribution in [1.29, 1.82) is 0 Å². The van der Waals surface area contributed by atoms with Gasteiger partial charge in [-0.15, -0.1) is 0 Å². The summed E-state index contributed by atoms with van der Waals surface area (Å²) in [6.45, 7) is 14.5. The van der Waals surface area contributed by atoms with Crippen molar-refractivity contribution >= 4 is 76.4 Å². The zero-order valence-corrected chi connectivity index (χ0v) is 57.7. The normalized spacial score (nSPS) is 22.2. The second-order valence-corrected chi connectivity index (χ2v) is 26.3. The van der Waals surface area contributed by atoms with Crippen LogP contribution in [0.4, 0.5) is 22.0 Å². The van der Waals surface area contributed by atoms with Gasteiger partial charge < -0.3 is 63.4 Å².